The third-order valence-electron chi connectivity index (χ3n) is 16.3. The van der Waals surface area contributed by atoms with Gasteiger partial charge in [-0.05, 0) is 143 Å². The van der Waals surface area contributed by atoms with Gasteiger partial charge >= 0.3 is 0 Å². The van der Waals surface area contributed by atoms with E-state index in [0.717, 1.165) is 51.1 Å². The molecular formula is C60H44N4. The molecule has 5 aliphatic rings. The van der Waals surface area contributed by atoms with Crippen molar-refractivity contribution < 1.29 is 0 Å². The average Bonchev–Trinajstić information content (AvgIpc) is 3.95. The van der Waals surface area contributed by atoms with Crippen molar-refractivity contribution in [2.75, 3.05) is 0 Å². The molecule has 0 N–H and O–H groups in total. The molecule has 64 heavy (non-hydrogen) atoms. The van der Waals surface area contributed by atoms with E-state index in [1.807, 2.05) is 0 Å². The molecular weight excluding hydrogens is 777 g/mol. The van der Waals surface area contributed by atoms with Crippen LogP contribution in [0.25, 0.3) is 99.7 Å². The Morgan fingerprint density at radius 2 is 1.00 bits per heavy atom. The van der Waals surface area contributed by atoms with Crippen molar-refractivity contribution in [3.05, 3.63) is 193 Å². The van der Waals surface area contributed by atoms with E-state index in [4.69, 9.17) is 9.97 Å². The standard InChI is InChI=1S/C60H44N4/c1-3-13-38(14-4-1)53-35-54(41-23-24-47-46-20-10-12-22-55(46)63(56(47)32-41)44-17-5-2-6-18-44)62-59(61-53)64-57-31-40-16-8-7-15-39(40)30-49(57)50-33-48-45-19-9-11-21-51(45)60(52(48)34-58(50)64)42-26-36-25-37(28-42)29-43(60)27-36/h1-24,30-37,42-43H,25-29H2. The molecule has 0 saturated heterocycles. The second-order valence-electron chi connectivity index (χ2n) is 19.4. The van der Waals surface area contributed by atoms with E-state index in [1.54, 1.807) is 11.1 Å². The van der Waals surface area contributed by atoms with Crippen molar-refractivity contribution in [1.82, 2.24) is 19.1 Å². The lowest BCUT2D eigenvalue weighted by molar-refractivity contribution is -0.0399. The molecule has 0 unspecified atom stereocenters. The molecule has 11 aromatic rings. The first kappa shape index (κ1) is 35.2. The quantitative estimate of drug-likeness (QED) is 0.177. The Kier molecular flexibility index (Phi) is 7.09. The van der Waals surface area contributed by atoms with Gasteiger partial charge in [0.2, 0.25) is 5.95 Å². The largest absolute Gasteiger partial charge is 0.309 e. The average molecular weight is 821 g/mol. The maximum absolute atomic E-state index is 5.67. The molecule has 0 amide bonds. The highest BCUT2D eigenvalue weighted by molar-refractivity contribution is 6.15. The minimum atomic E-state index is 0.0457. The van der Waals surface area contributed by atoms with Gasteiger partial charge < -0.3 is 4.57 Å². The Labute approximate surface area is 371 Å². The summed E-state index contributed by atoms with van der Waals surface area (Å²) in [4.78, 5) is 11.2. The van der Waals surface area contributed by atoms with Crippen LogP contribution in [0.5, 0.6) is 0 Å². The molecule has 0 atom stereocenters. The lowest BCUT2D eigenvalue weighted by Gasteiger charge is -2.61. The van der Waals surface area contributed by atoms with Gasteiger partial charge in [0.05, 0.1) is 33.5 Å². The Morgan fingerprint density at radius 1 is 0.391 bits per heavy atom. The van der Waals surface area contributed by atoms with Crippen LogP contribution in [-0.4, -0.2) is 19.1 Å². The Morgan fingerprint density at radius 3 is 1.80 bits per heavy atom. The summed E-state index contributed by atoms with van der Waals surface area (Å²) in [5, 5.41) is 7.43. The summed E-state index contributed by atoms with van der Waals surface area (Å²) >= 11 is 0. The van der Waals surface area contributed by atoms with Gasteiger partial charge in [0.15, 0.2) is 0 Å². The van der Waals surface area contributed by atoms with E-state index in [1.165, 1.54) is 86.6 Å². The molecule has 16 rings (SSSR count). The highest BCUT2D eigenvalue weighted by Gasteiger charge is 2.61. The third kappa shape index (κ3) is 4.73. The molecule has 4 saturated carbocycles. The van der Waals surface area contributed by atoms with Crippen molar-refractivity contribution in [2.24, 2.45) is 23.7 Å². The normalized spacial score (nSPS) is 21.8. The van der Waals surface area contributed by atoms with Crippen molar-refractivity contribution in [3.63, 3.8) is 0 Å². The number of rotatable bonds is 4. The predicted octanol–water partition coefficient (Wildman–Crippen LogP) is 14.9. The molecule has 304 valence electrons. The van der Waals surface area contributed by atoms with Crippen LogP contribution in [0.2, 0.25) is 0 Å². The second kappa shape index (κ2) is 12.9. The predicted molar refractivity (Wildman–Crippen MR) is 262 cm³/mol. The third-order valence-corrected chi connectivity index (χ3v) is 16.3. The first-order chi connectivity index (χ1) is 31.7. The lowest BCUT2D eigenvalue weighted by atomic mass is 9.43. The number of hydrogen-bond donors (Lipinski definition) is 0. The van der Waals surface area contributed by atoms with Crippen molar-refractivity contribution in [2.45, 2.75) is 37.5 Å². The Balaban J connectivity index is 1.02. The van der Waals surface area contributed by atoms with E-state index >= 15 is 0 Å². The van der Waals surface area contributed by atoms with E-state index < -0.39 is 0 Å². The first-order valence-electron chi connectivity index (χ1n) is 23.3. The number of benzene rings is 8. The van der Waals surface area contributed by atoms with Crippen LogP contribution < -0.4 is 0 Å². The van der Waals surface area contributed by atoms with Gasteiger partial charge in [0.25, 0.3) is 0 Å². The highest BCUT2D eigenvalue weighted by Crippen LogP contribution is 2.69. The van der Waals surface area contributed by atoms with Crippen molar-refractivity contribution in [1.29, 1.82) is 0 Å². The lowest BCUT2D eigenvalue weighted by Crippen LogP contribution is -2.55. The zero-order valence-corrected chi connectivity index (χ0v) is 35.5. The monoisotopic (exact) mass is 820 g/mol. The summed E-state index contributed by atoms with van der Waals surface area (Å²) in [7, 11) is 0. The maximum atomic E-state index is 5.67. The van der Waals surface area contributed by atoms with Crippen molar-refractivity contribution in [3.8, 4) is 45.3 Å². The van der Waals surface area contributed by atoms with Gasteiger partial charge in [-0.25, -0.2) is 9.97 Å². The summed E-state index contributed by atoms with van der Waals surface area (Å²) in [6, 6.07) is 67.4. The molecule has 4 nitrogen and oxygen atoms in total. The number of fused-ring (bicyclic) bond motifs is 10. The Bertz CT molecular complexity index is 3710. The number of hydrogen-bond acceptors (Lipinski definition) is 2. The summed E-state index contributed by atoms with van der Waals surface area (Å²) < 4.78 is 4.81. The van der Waals surface area contributed by atoms with E-state index in [9.17, 15) is 0 Å². The minimum Gasteiger partial charge on any atom is -0.309 e. The molecule has 4 fully saturated rings. The zero-order chi connectivity index (χ0) is 41.7. The van der Waals surface area contributed by atoms with Crippen LogP contribution in [0.4, 0.5) is 0 Å². The Hall–Kier alpha value is -7.30. The smallest absolute Gasteiger partial charge is 0.235 e. The molecule has 0 aliphatic heterocycles. The molecule has 1 spiro atoms. The van der Waals surface area contributed by atoms with Crippen LogP contribution in [0.15, 0.2) is 182 Å². The first-order valence-corrected chi connectivity index (χ1v) is 23.3. The summed E-state index contributed by atoms with van der Waals surface area (Å²) in [6.07, 6.45) is 6.86. The summed E-state index contributed by atoms with van der Waals surface area (Å²) in [5.74, 6) is 3.81. The van der Waals surface area contributed by atoms with E-state index in [0.29, 0.717) is 17.8 Å². The molecule has 4 bridgehead atoms. The summed E-state index contributed by atoms with van der Waals surface area (Å²) in [5.41, 5.74) is 15.8. The minimum absolute atomic E-state index is 0.0457. The van der Waals surface area contributed by atoms with Crippen LogP contribution >= 0.6 is 0 Å². The van der Waals surface area contributed by atoms with Gasteiger partial charge in [-0.3, -0.25) is 4.57 Å². The SMILES string of the molecule is c1ccc(-c2cc(-c3ccc4c5ccccc5n(-c5ccccc5)c4c3)nc(-n3c4cc5c(cc4c4cc6ccccc6cc43)-c3ccccc3C53C4CC5CC(C4)CC3C5)n2)cc1. The van der Waals surface area contributed by atoms with Crippen LogP contribution in [-0.2, 0) is 5.41 Å². The molecule has 3 aromatic heterocycles. The fraction of sp³-hybridized carbons (Fsp3) is 0.167. The second-order valence-corrected chi connectivity index (χ2v) is 19.4. The van der Waals surface area contributed by atoms with Crippen LogP contribution in [0.3, 0.4) is 0 Å². The van der Waals surface area contributed by atoms with Crippen molar-refractivity contribution >= 4 is 54.4 Å². The molecule has 5 aliphatic carbocycles. The molecule has 4 heteroatoms. The van der Waals surface area contributed by atoms with E-state index in [2.05, 4.69) is 191 Å². The van der Waals surface area contributed by atoms with Gasteiger partial charge in [-0.2, -0.15) is 0 Å². The maximum Gasteiger partial charge on any atom is 0.235 e. The number of aromatic nitrogens is 4. The van der Waals surface area contributed by atoms with E-state index in [-0.39, 0.29) is 5.41 Å². The molecule has 8 aromatic carbocycles. The van der Waals surface area contributed by atoms with Crippen LogP contribution in [0, 0.1) is 23.7 Å². The fourth-order valence-electron chi connectivity index (χ4n) is 14.0. The van der Waals surface area contributed by atoms with Crippen LogP contribution in [0.1, 0.15) is 43.2 Å². The molecule has 0 radical (unpaired) electrons. The van der Waals surface area contributed by atoms with Gasteiger partial charge in [0, 0.05) is 43.8 Å². The number of nitrogens with zero attached hydrogens (tertiary/aromatic N) is 4. The molecule has 3 heterocycles. The fourth-order valence-corrected chi connectivity index (χ4v) is 14.0. The van der Waals surface area contributed by atoms with Gasteiger partial charge in [-0.15, -0.1) is 0 Å². The van der Waals surface area contributed by atoms with Gasteiger partial charge in [0.1, 0.15) is 0 Å². The number of para-hydroxylation sites is 2. The summed E-state index contributed by atoms with van der Waals surface area (Å²) in [6.45, 7) is 0. The highest BCUT2D eigenvalue weighted by atomic mass is 15.2. The van der Waals surface area contributed by atoms with Gasteiger partial charge in [-0.1, -0.05) is 127 Å². The zero-order valence-electron chi connectivity index (χ0n) is 35.5. The topological polar surface area (TPSA) is 35.6 Å².